The molecule has 0 aliphatic carbocycles. The molecule has 250 valence electrons. The summed E-state index contributed by atoms with van der Waals surface area (Å²) in [5.74, 6) is 0. The van der Waals surface area contributed by atoms with Crippen LogP contribution in [0.2, 0.25) is 0 Å². The number of hydrogen-bond donors (Lipinski definition) is 0. The van der Waals surface area contributed by atoms with Gasteiger partial charge in [-0.15, -0.1) is 0 Å². The Morgan fingerprint density at radius 2 is 0.547 bits per heavy atom. The fourth-order valence-corrected chi connectivity index (χ4v) is 7.24. The van der Waals surface area contributed by atoms with Crippen molar-refractivity contribution in [1.82, 2.24) is 0 Å². The van der Waals surface area contributed by atoms with Gasteiger partial charge in [0.1, 0.15) is 0 Å². The molecule has 0 amide bonds. The number of rotatable bonds is 8. The summed E-state index contributed by atoms with van der Waals surface area (Å²) in [6.45, 7) is 0. The van der Waals surface area contributed by atoms with Crippen molar-refractivity contribution in [1.29, 1.82) is 0 Å². The maximum absolute atomic E-state index is 2.34. The summed E-state index contributed by atoms with van der Waals surface area (Å²) >= 11 is 0. The SMILES string of the molecule is c1ccc(-c2ccc(N(c3ccc(-c4ccc(-c5cccc(-c6ccc7ccccc7c6)c5)cc4)cc3)c3cccc(-c4ccccc4)c3)cc2)cc1. The Bertz CT molecular complexity index is 2620. The van der Waals surface area contributed by atoms with E-state index in [0.717, 1.165) is 17.1 Å². The lowest BCUT2D eigenvalue weighted by atomic mass is 9.96. The van der Waals surface area contributed by atoms with Crippen LogP contribution in [0, 0.1) is 0 Å². The number of benzene rings is 9. The van der Waals surface area contributed by atoms with E-state index in [1.807, 2.05) is 0 Å². The van der Waals surface area contributed by atoms with Crippen molar-refractivity contribution < 1.29 is 0 Å². The van der Waals surface area contributed by atoms with E-state index in [-0.39, 0.29) is 0 Å². The zero-order valence-electron chi connectivity index (χ0n) is 29.3. The fraction of sp³-hybridized carbons (Fsp3) is 0. The first-order chi connectivity index (χ1) is 26.2. The number of hydrogen-bond acceptors (Lipinski definition) is 1. The third kappa shape index (κ3) is 6.77. The molecule has 0 atom stereocenters. The second-order valence-electron chi connectivity index (χ2n) is 13.4. The van der Waals surface area contributed by atoms with Crippen LogP contribution in [0.15, 0.2) is 224 Å². The third-order valence-electron chi connectivity index (χ3n) is 10.1. The van der Waals surface area contributed by atoms with Gasteiger partial charge in [-0.3, -0.25) is 0 Å². The lowest BCUT2D eigenvalue weighted by Crippen LogP contribution is -2.10. The van der Waals surface area contributed by atoms with Gasteiger partial charge in [0.25, 0.3) is 0 Å². The molecular formula is C52H37N. The zero-order chi connectivity index (χ0) is 35.4. The van der Waals surface area contributed by atoms with Crippen LogP contribution < -0.4 is 4.90 Å². The highest BCUT2D eigenvalue weighted by atomic mass is 15.1. The highest BCUT2D eigenvalue weighted by Gasteiger charge is 2.15. The van der Waals surface area contributed by atoms with Crippen molar-refractivity contribution in [2.24, 2.45) is 0 Å². The van der Waals surface area contributed by atoms with Gasteiger partial charge >= 0.3 is 0 Å². The molecule has 0 aliphatic rings. The van der Waals surface area contributed by atoms with Gasteiger partial charge in [-0.2, -0.15) is 0 Å². The summed E-state index contributed by atoms with van der Waals surface area (Å²) in [5, 5.41) is 2.52. The zero-order valence-corrected chi connectivity index (χ0v) is 29.3. The smallest absolute Gasteiger partial charge is 0.0467 e. The van der Waals surface area contributed by atoms with E-state index in [2.05, 4.69) is 229 Å². The number of anilines is 3. The molecule has 0 aromatic heterocycles. The molecule has 9 rings (SSSR count). The van der Waals surface area contributed by atoms with E-state index in [1.165, 1.54) is 66.4 Å². The maximum atomic E-state index is 2.34. The summed E-state index contributed by atoms with van der Waals surface area (Å²) < 4.78 is 0. The van der Waals surface area contributed by atoms with Crippen molar-refractivity contribution in [2.75, 3.05) is 4.90 Å². The molecule has 9 aromatic rings. The second-order valence-corrected chi connectivity index (χ2v) is 13.4. The van der Waals surface area contributed by atoms with E-state index >= 15 is 0 Å². The monoisotopic (exact) mass is 675 g/mol. The van der Waals surface area contributed by atoms with Gasteiger partial charge in [-0.25, -0.2) is 0 Å². The van der Waals surface area contributed by atoms with E-state index in [0.29, 0.717) is 0 Å². The van der Waals surface area contributed by atoms with Crippen LogP contribution in [0.3, 0.4) is 0 Å². The fourth-order valence-electron chi connectivity index (χ4n) is 7.24. The lowest BCUT2D eigenvalue weighted by molar-refractivity contribution is 1.28. The van der Waals surface area contributed by atoms with Crippen molar-refractivity contribution in [3.63, 3.8) is 0 Å². The summed E-state index contributed by atoms with van der Waals surface area (Å²) in [7, 11) is 0. The highest BCUT2D eigenvalue weighted by molar-refractivity contribution is 5.88. The van der Waals surface area contributed by atoms with Crippen LogP contribution in [0.25, 0.3) is 66.4 Å². The summed E-state index contributed by atoms with van der Waals surface area (Å²) in [4.78, 5) is 2.34. The van der Waals surface area contributed by atoms with Gasteiger partial charge in [-0.05, 0) is 115 Å². The Labute approximate surface area is 311 Å². The Kier molecular flexibility index (Phi) is 8.66. The van der Waals surface area contributed by atoms with Crippen LogP contribution in [-0.2, 0) is 0 Å². The average Bonchev–Trinajstić information content (AvgIpc) is 3.25. The minimum atomic E-state index is 1.11. The molecule has 0 saturated heterocycles. The van der Waals surface area contributed by atoms with E-state index in [9.17, 15) is 0 Å². The second kappa shape index (κ2) is 14.3. The van der Waals surface area contributed by atoms with Gasteiger partial charge in [0, 0.05) is 17.1 Å². The molecular weight excluding hydrogens is 639 g/mol. The van der Waals surface area contributed by atoms with Crippen LogP contribution >= 0.6 is 0 Å². The quantitative estimate of drug-likeness (QED) is 0.155. The largest absolute Gasteiger partial charge is 0.310 e. The van der Waals surface area contributed by atoms with Gasteiger partial charge in [0.2, 0.25) is 0 Å². The lowest BCUT2D eigenvalue weighted by Gasteiger charge is -2.26. The maximum Gasteiger partial charge on any atom is 0.0467 e. The predicted molar refractivity (Wildman–Crippen MR) is 226 cm³/mol. The third-order valence-corrected chi connectivity index (χ3v) is 10.1. The Hall–Kier alpha value is -6.96. The molecule has 0 saturated carbocycles. The topological polar surface area (TPSA) is 3.24 Å². The Morgan fingerprint density at radius 1 is 0.189 bits per heavy atom. The summed E-state index contributed by atoms with van der Waals surface area (Å²) in [6, 6.07) is 80.8. The average molecular weight is 676 g/mol. The Balaban J connectivity index is 1.01. The molecule has 0 fully saturated rings. The summed E-state index contributed by atoms with van der Waals surface area (Å²) in [6.07, 6.45) is 0. The first kappa shape index (κ1) is 32.0. The van der Waals surface area contributed by atoms with Gasteiger partial charge in [0.15, 0.2) is 0 Å². The molecule has 1 nitrogen and oxygen atoms in total. The van der Waals surface area contributed by atoms with Gasteiger partial charge < -0.3 is 4.90 Å². The van der Waals surface area contributed by atoms with Crippen LogP contribution in [-0.4, -0.2) is 0 Å². The van der Waals surface area contributed by atoms with E-state index in [4.69, 9.17) is 0 Å². The molecule has 9 aromatic carbocycles. The molecule has 53 heavy (non-hydrogen) atoms. The van der Waals surface area contributed by atoms with Crippen molar-refractivity contribution in [2.45, 2.75) is 0 Å². The van der Waals surface area contributed by atoms with Gasteiger partial charge in [0.05, 0.1) is 0 Å². The molecule has 0 spiro atoms. The number of fused-ring (bicyclic) bond motifs is 1. The Morgan fingerprint density at radius 3 is 1.13 bits per heavy atom. The molecule has 1 heteroatoms. The first-order valence-corrected chi connectivity index (χ1v) is 18.2. The molecule has 0 heterocycles. The van der Waals surface area contributed by atoms with E-state index in [1.54, 1.807) is 0 Å². The molecule has 0 N–H and O–H groups in total. The molecule has 0 unspecified atom stereocenters. The van der Waals surface area contributed by atoms with Crippen LogP contribution in [0.4, 0.5) is 17.1 Å². The minimum Gasteiger partial charge on any atom is -0.310 e. The predicted octanol–water partition coefficient (Wildman–Crippen LogP) is 14.6. The van der Waals surface area contributed by atoms with E-state index < -0.39 is 0 Å². The standard InChI is InChI=1S/C52H37N/c1-3-11-38(12-4-1)42-27-31-50(32-28-42)53(52-20-10-19-48(37-52)39-13-5-2-6-14-39)51-33-29-43(30-34-51)41-21-23-44(24-22-41)46-17-9-18-47(35-46)49-26-25-40-15-7-8-16-45(40)36-49/h1-37H. The van der Waals surface area contributed by atoms with Crippen LogP contribution in [0.5, 0.6) is 0 Å². The molecule has 0 bridgehead atoms. The number of nitrogens with zero attached hydrogens (tertiary/aromatic N) is 1. The summed E-state index contributed by atoms with van der Waals surface area (Å²) in [5.41, 5.74) is 15.4. The minimum absolute atomic E-state index is 1.11. The van der Waals surface area contributed by atoms with Crippen molar-refractivity contribution >= 4 is 27.8 Å². The normalized spacial score (nSPS) is 11.0. The van der Waals surface area contributed by atoms with Gasteiger partial charge in [-0.1, -0.05) is 176 Å². The molecule has 0 aliphatic heterocycles. The first-order valence-electron chi connectivity index (χ1n) is 18.2. The van der Waals surface area contributed by atoms with Crippen molar-refractivity contribution in [3.8, 4) is 55.6 Å². The molecule has 0 radical (unpaired) electrons. The van der Waals surface area contributed by atoms with Crippen molar-refractivity contribution in [3.05, 3.63) is 224 Å². The highest BCUT2D eigenvalue weighted by Crippen LogP contribution is 2.39. The van der Waals surface area contributed by atoms with Crippen LogP contribution in [0.1, 0.15) is 0 Å².